The largest absolute Gasteiger partial charge is 0.362 e. The van der Waals surface area contributed by atoms with Gasteiger partial charge >= 0.3 is 0 Å². The van der Waals surface area contributed by atoms with Crippen LogP contribution in [0, 0.1) is 0 Å². The fourth-order valence-electron chi connectivity index (χ4n) is 1.70. The molecule has 2 rings (SSSR count). The molecule has 0 bridgehead atoms. The predicted octanol–water partition coefficient (Wildman–Crippen LogP) is 1.05. The van der Waals surface area contributed by atoms with E-state index < -0.39 is 0 Å². The lowest BCUT2D eigenvalue weighted by molar-refractivity contribution is 0.111. The first-order valence-corrected chi connectivity index (χ1v) is 4.47. The molecule has 0 amide bonds. The van der Waals surface area contributed by atoms with Gasteiger partial charge in [0.2, 0.25) is 0 Å². The molecular weight excluding hydrogens is 166 g/mol. The summed E-state index contributed by atoms with van der Waals surface area (Å²) in [6.07, 6.45) is 5.77. The van der Waals surface area contributed by atoms with Crippen molar-refractivity contribution in [2.75, 3.05) is 18.6 Å². The highest BCUT2D eigenvalue weighted by Gasteiger charge is 2.24. The number of hydrogen-bond acceptors (Lipinski definition) is 4. The zero-order valence-electron chi connectivity index (χ0n) is 7.68. The Kier molecular flexibility index (Phi) is 2.40. The third-order valence-electron chi connectivity index (χ3n) is 2.33. The van der Waals surface area contributed by atoms with Crippen molar-refractivity contribution in [1.82, 2.24) is 9.97 Å². The van der Waals surface area contributed by atoms with Crippen molar-refractivity contribution in [3.8, 4) is 0 Å². The number of anilines is 1. The van der Waals surface area contributed by atoms with Gasteiger partial charge < -0.3 is 9.64 Å². The number of methoxy groups -OCH3 is 1. The van der Waals surface area contributed by atoms with Crippen LogP contribution in [-0.2, 0) is 4.74 Å². The number of nitrogens with zero attached hydrogens (tertiary/aromatic N) is 3. The van der Waals surface area contributed by atoms with Gasteiger partial charge in [0.05, 0.1) is 0 Å². The van der Waals surface area contributed by atoms with Gasteiger partial charge in [-0.25, -0.2) is 9.97 Å². The Bertz CT molecular complexity index is 265. The molecule has 4 heteroatoms. The van der Waals surface area contributed by atoms with E-state index in [9.17, 15) is 0 Å². The average Bonchev–Trinajstić information content (AvgIpc) is 2.67. The van der Waals surface area contributed by atoms with Crippen LogP contribution >= 0.6 is 0 Å². The fraction of sp³-hybridized carbons (Fsp3) is 0.556. The second-order valence-electron chi connectivity index (χ2n) is 3.09. The zero-order chi connectivity index (χ0) is 9.10. The molecule has 0 saturated carbocycles. The van der Waals surface area contributed by atoms with E-state index in [1.165, 1.54) is 6.42 Å². The molecule has 0 spiro atoms. The summed E-state index contributed by atoms with van der Waals surface area (Å²) in [6, 6.07) is 1.91. The van der Waals surface area contributed by atoms with Gasteiger partial charge in [0.15, 0.2) is 0 Å². The van der Waals surface area contributed by atoms with E-state index in [2.05, 4.69) is 14.9 Å². The molecule has 1 aliphatic rings. The van der Waals surface area contributed by atoms with E-state index >= 15 is 0 Å². The summed E-state index contributed by atoms with van der Waals surface area (Å²) in [7, 11) is 1.74. The highest BCUT2D eigenvalue weighted by Crippen LogP contribution is 2.22. The van der Waals surface area contributed by atoms with Gasteiger partial charge in [-0.15, -0.1) is 0 Å². The third-order valence-corrected chi connectivity index (χ3v) is 2.33. The lowest BCUT2D eigenvalue weighted by Crippen LogP contribution is -2.31. The van der Waals surface area contributed by atoms with Crippen molar-refractivity contribution in [3.63, 3.8) is 0 Å². The highest BCUT2D eigenvalue weighted by molar-refractivity contribution is 5.38. The molecule has 1 fully saturated rings. The number of hydrogen-bond donors (Lipinski definition) is 0. The maximum absolute atomic E-state index is 5.34. The van der Waals surface area contributed by atoms with Crippen molar-refractivity contribution in [2.24, 2.45) is 0 Å². The van der Waals surface area contributed by atoms with E-state index in [0.29, 0.717) is 0 Å². The summed E-state index contributed by atoms with van der Waals surface area (Å²) >= 11 is 0. The van der Waals surface area contributed by atoms with Crippen LogP contribution in [0.1, 0.15) is 12.8 Å². The standard InChI is InChI=1S/C9H13N3O/c1-13-9-3-2-6-12(9)8-4-5-10-7-11-8/h4-5,7,9H,2-3,6H2,1H3. The van der Waals surface area contributed by atoms with Gasteiger partial charge in [0.25, 0.3) is 0 Å². The molecule has 1 saturated heterocycles. The van der Waals surface area contributed by atoms with Crippen LogP contribution in [0.2, 0.25) is 0 Å². The molecule has 1 aliphatic heterocycles. The first-order valence-electron chi connectivity index (χ1n) is 4.47. The molecule has 0 N–H and O–H groups in total. The van der Waals surface area contributed by atoms with E-state index in [1.54, 1.807) is 19.6 Å². The van der Waals surface area contributed by atoms with Gasteiger partial charge in [-0.05, 0) is 18.9 Å². The van der Waals surface area contributed by atoms with Crippen molar-refractivity contribution >= 4 is 5.82 Å². The van der Waals surface area contributed by atoms with Gasteiger partial charge in [-0.2, -0.15) is 0 Å². The predicted molar refractivity (Wildman–Crippen MR) is 49.4 cm³/mol. The molecule has 0 aliphatic carbocycles. The topological polar surface area (TPSA) is 38.2 Å². The van der Waals surface area contributed by atoms with Crippen LogP contribution < -0.4 is 4.90 Å². The van der Waals surface area contributed by atoms with E-state index in [1.807, 2.05) is 6.07 Å². The Labute approximate surface area is 77.6 Å². The Balaban J connectivity index is 2.16. The maximum atomic E-state index is 5.34. The summed E-state index contributed by atoms with van der Waals surface area (Å²) in [5.74, 6) is 0.958. The molecule has 0 radical (unpaired) electrons. The van der Waals surface area contributed by atoms with Crippen LogP contribution in [0.25, 0.3) is 0 Å². The van der Waals surface area contributed by atoms with E-state index in [4.69, 9.17) is 4.74 Å². The molecule has 1 aromatic rings. The van der Waals surface area contributed by atoms with Gasteiger partial charge in [-0.3, -0.25) is 0 Å². The fourth-order valence-corrected chi connectivity index (χ4v) is 1.70. The van der Waals surface area contributed by atoms with Crippen molar-refractivity contribution in [3.05, 3.63) is 18.6 Å². The maximum Gasteiger partial charge on any atom is 0.133 e. The normalized spacial score (nSPS) is 22.2. The van der Waals surface area contributed by atoms with Crippen LogP contribution in [0.15, 0.2) is 18.6 Å². The van der Waals surface area contributed by atoms with Gasteiger partial charge in [-0.1, -0.05) is 0 Å². The summed E-state index contributed by atoms with van der Waals surface area (Å²) in [4.78, 5) is 10.3. The van der Waals surface area contributed by atoms with Crippen LogP contribution in [0.3, 0.4) is 0 Å². The summed E-state index contributed by atoms with van der Waals surface area (Å²) < 4.78 is 5.34. The zero-order valence-corrected chi connectivity index (χ0v) is 7.68. The number of aromatic nitrogens is 2. The van der Waals surface area contributed by atoms with Gasteiger partial charge in [0.1, 0.15) is 18.4 Å². The van der Waals surface area contributed by atoms with E-state index in [0.717, 1.165) is 18.8 Å². The Hall–Kier alpha value is -1.16. The van der Waals surface area contributed by atoms with Crippen molar-refractivity contribution in [2.45, 2.75) is 19.1 Å². The third kappa shape index (κ3) is 1.62. The average molecular weight is 179 g/mol. The lowest BCUT2D eigenvalue weighted by atomic mass is 10.4. The Morgan fingerprint density at radius 3 is 3.23 bits per heavy atom. The molecule has 1 atom stereocenters. The SMILES string of the molecule is COC1CCCN1c1ccncn1. The molecule has 1 aromatic heterocycles. The Morgan fingerprint density at radius 1 is 1.62 bits per heavy atom. The van der Waals surface area contributed by atoms with E-state index in [-0.39, 0.29) is 6.23 Å². The quantitative estimate of drug-likeness (QED) is 0.680. The first-order chi connectivity index (χ1) is 6.42. The second-order valence-corrected chi connectivity index (χ2v) is 3.09. The smallest absolute Gasteiger partial charge is 0.133 e. The molecule has 1 unspecified atom stereocenters. The number of rotatable bonds is 2. The monoisotopic (exact) mass is 179 g/mol. The van der Waals surface area contributed by atoms with Crippen LogP contribution in [0.4, 0.5) is 5.82 Å². The van der Waals surface area contributed by atoms with Crippen LogP contribution in [-0.4, -0.2) is 29.9 Å². The minimum atomic E-state index is 0.190. The molecule has 13 heavy (non-hydrogen) atoms. The lowest BCUT2D eigenvalue weighted by Gasteiger charge is -2.23. The molecule has 4 nitrogen and oxygen atoms in total. The highest BCUT2D eigenvalue weighted by atomic mass is 16.5. The molecule has 2 heterocycles. The molecule has 70 valence electrons. The molecular formula is C9H13N3O. The minimum absolute atomic E-state index is 0.190. The summed E-state index contributed by atoms with van der Waals surface area (Å²) in [5, 5.41) is 0. The Morgan fingerprint density at radius 2 is 2.54 bits per heavy atom. The van der Waals surface area contributed by atoms with Crippen LogP contribution in [0.5, 0.6) is 0 Å². The summed E-state index contributed by atoms with van der Waals surface area (Å²) in [6.45, 7) is 1.02. The second kappa shape index (κ2) is 3.70. The van der Waals surface area contributed by atoms with Crippen molar-refractivity contribution in [1.29, 1.82) is 0 Å². The first kappa shape index (κ1) is 8.44. The molecule has 0 aromatic carbocycles. The van der Waals surface area contributed by atoms with Crippen molar-refractivity contribution < 1.29 is 4.74 Å². The minimum Gasteiger partial charge on any atom is -0.362 e. The van der Waals surface area contributed by atoms with Gasteiger partial charge in [0, 0.05) is 19.9 Å². The summed E-state index contributed by atoms with van der Waals surface area (Å²) in [5.41, 5.74) is 0. The number of ether oxygens (including phenoxy) is 1.